The zero-order valence-corrected chi connectivity index (χ0v) is 10.8. The molecule has 94 valence electrons. The standard InChI is InChI=1S/C13H24O3/c1-5-6-7-9-8-10(12(14)15)11(16-9)13(2,3)4/h9-11H,5-8H2,1-4H3,(H,14,15). The van der Waals surface area contributed by atoms with Gasteiger partial charge in [-0.25, -0.2) is 0 Å². The van der Waals surface area contributed by atoms with Crippen LogP contribution in [0.25, 0.3) is 0 Å². The van der Waals surface area contributed by atoms with Gasteiger partial charge in [0.25, 0.3) is 0 Å². The van der Waals surface area contributed by atoms with Crippen LogP contribution in [0, 0.1) is 11.3 Å². The second-order valence-corrected chi connectivity index (χ2v) is 5.87. The van der Waals surface area contributed by atoms with Gasteiger partial charge < -0.3 is 9.84 Å². The lowest BCUT2D eigenvalue weighted by atomic mass is 9.81. The van der Waals surface area contributed by atoms with Crippen LogP contribution < -0.4 is 0 Å². The number of ether oxygens (including phenoxy) is 1. The van der Waals surface area contributed by atoms with E-state index in [4.69, 9.17) is 4.74 Å². The SMILES string of the molecule is CCCCC1CC(C(=O)O)C(C(C)(C)C)O1. The third-order valence-corrected chi connectivity index (χ3v) is 3.27. The molecular weight excluding hydrogens is 204 g/mol. The minimum Gasteiger partial charge on any atom is -0.481 e. The van der Waals surface area contributed by atoms with Gasteiger partial charge in [-0.1, -0.05) is 40.5 Å². The van der Waals surface area contributed by atoms with Gasteiger partial charge in [0, 0.05) is 0 Å². The van der Waals surface area contributed by atoms with Gasteiger partial charge in [-0.2, -0.15) is 0 Å². The van der Waals surface area contributed by atoms with Crippen LogP contribution in [0.1, 0.15) is 53.4 Å². The van der Waals surface area contributed by atoms with Gasteiger partial charge in [0.2, 0.25) is 0 Å². The van der Waals surface area contributed by atoms with E-state index in [9.17, 15) is 9.90 Å². The Morgan fingerprint density at radius 1 is 1.44 bits per heavy atom. The van der Waals surface area contributed by atoms with E-state index in [-0.39, 0.29) is 23.5 Å². The van der Waals surface area contributed by atoms with Gasteiger partial charge in [-0.3, -0.25) is 4.79 Å². The summed E-state index contributed by atoms with van der Waals surface area (Å²) in [5.41, 5.74) is -0.0932. The molecule has 3 heteroatoms. The van der Waals surface area contributed by atoms with Gasteiger partial charge in [0.1, 0.15) is 0 Å². The topological polar surface area (TPSA) is 46.5 Å². The van der Waals surface area contributed by atoms with Crippen molar-refractivity contribution < 1.29 is 14.6 Å². The van der Waals surface area contributed by atoms with E-state index in [1.807, 2.05) is 0 Å². The summed E-state index contributed by atoms with van der Waals surface area (Å²) in [6.45, 7) is 8.30. The predicted octanol–water partition coefficient (Wildman–Crippen LogP) is 3.08. The number of rotatable bonds is 4. The van der Waals surface area contributed by atoms with Crippen molar-refractivity contribution in [3.63, 3.8) is 0 Å². The molecule has 0 saturated carbocycles. The third kappa shape index (κ3) is 3.21. The highest BCUT2D eigenvalue weighted by atomic mass is 16.5. The van der Waals surface area contributed by atoms with Gasteiger partial charge in [0.05, 0.1) is 18.1 Å². The van der Waals surface area contributed by atoms with E-state index in [2.05, 4.69) is 27.7 Å². The minimum atomic E-state index is -0.709. The highest BCUT2D eigenvalue weighted by molar-refractivity contribution is 5.71. The molecule has 0 bridgehead atoms. The fourth-order valence-electron chi connectivity index (χ4n) is 2.42. The largest absolute Gasteiger partial charge is 0.481 e. The van der Waals surface area contributed by atoms with Crippen molar-refractivity contribution in [2.45, 2.75) is 65.6 Å². The van der Waals surface area contributed by atoms with E-state index in [1.165, 1.54) is 0 Å². The average molecular weight is 228 g/mol. The van der Waals surface area contributed by atoms with Crippen molar-refractivity contribution in [3.8, 4) is 0 Å². The molecule has 1 aliphatic rings. The lowest BCUT2D eigenvalue weighted by Crippen LogP contribution is -2.35. The quantitative estimate of drug-likeness (QED) is 0.804. The van der Waals surface area contributed by atoms with Crippen LogP contribution in [0.15, 0.2) is 0 Å². The molecule has 3 unspecified atom stereocenters. The molecule has 1 rings (SSSR count). The third-order valence-electron chi connectivity index (χ3n) is 3.27. The summed E-state index contributed by atoms with van der Waals surface area (Å²) in [5, 5.41) is 9.21. The molecule has 3 nitrogen and oxygen atoms in total. The van der Waals surface area contributed by atoms with Gasteiger partial charge in [-0.15, -0.1) is 0 Å². The molecule has 0 aromatic carbocycles. The van der Waals surface area contributed by atoms with Crippen LogP contribution in [-0.2, 0) is 9.53 Å². The van der Waals surface area contributed by atoms with Crippen molar-refractivity contribution in [1.82, 2.24) is 0 Å². The Labute approximate surface area is 98.2 Å². The molecule has 1 fully saturated rings. The molecule has 1 N–H and O–H groups in total. The Bertz CT molecular complexity index is 242. The molecule has 0 aliphatic carbocycles. The molecule has 1 saturated heterocycles. The maximum Gasteiger partial charge on any atom is 0.309 e. The predicted molar refractivity (Wildman–Crippen MR) is 63.4 cm³/mol. The molecule has 0 aromatic heterocycles. The maximum atomic E-state index is 11.2. The Morgan fingerprint density at radius 3 is 2.44 bits per heavy atom. The zero-order valence-electron chi connectivity index (χ0n) is 10.8. The van der Waals surface area contributed by atoms with Crippen LogP contribution in [0.5, 0.6) is 0 Å². The fourth-order valence-corrected chi connectivity index (χ4v) is 2.42. The fraction of sp³-hybridized carbons (Fsp3) is 0.923. The van der Waals surface area contributed by atoms with Crippen LogP contribution in [0.2, 0.25) is 0 Å². The molecule has 0 aromatic rings. The van der Waals surface area contributed by atoms with Gasteiger partial charge in [0.15, 0.2) is 0 Å². The Balaban J connectivity index is 2.65. The van der Waals surface area contributed by atoms with Gasteiger partial charge in [-0.05, 0) is 18.3 Å². The van der Waals surface area contributed by atoms with Crippen molar-refractivity contribution in [2.24, 2.45) is 11.3 Å². The molecule has 1 heterocycles. The number of carboxylic acids is 1. The summed E-state index contributed by atoms with van der Waals surface area (Å²) in [6, 6.07) is 0. The first-order valence-corrected chi connectivity index (χ1v) is 6.24. The summed E-state index contributed by atoms with van der Waals surface area (Å²) >= 11 is 0. The van der Waals surface area contributed by atoms with Gasteiger partial charge >= 0.3 is 5.97 Å². The van der Waals surface area contributed by atoms with E-state index in [0.29, 0.717) is 6.42 Å². The first-order chi connectivity index (χ1) is 7.36. The Morgan fingerprint density at radius 2 is 2.06 bits per heavy atom. The molecule has 0 amide bonds. The average Bonchev–Trinajstić information content (AvgIpc) is 2.58. The summed E-state index contributed by atoms with van der Waals surface area (Å²) in [6.07, 6.45) is 3.92. The highest BCUT2D eigenvalue weighted by Gasteiger charge is 2.45. The normalized spacial score (nSPS) is 30.6. The molecular formula is C13H24O3. The first kappa shape index (κ1) is 13.5. The summed E-state index contributed by atoms with van der Waals surface area (Å²) in [7, 11) is 0. The first-order valence-electron chi connectivity index (χ1n) is 6.24. The molecule has 1 aliphatic heterocycles. The Kier molecular flexibility index (Phi) is 4.36. The summed E-state index contributed by atoms with van der Waals surface area (Å²) in [5.74, 6) is -1.04. The number of carbonyl (C=O) groups is 1. The second kappa shape index (κ2) is 5.17. The number of aliphatic carboxylic acids is 1. The number of carboxylic acid groups (broad SMARTS) is 1. The number of hydrogen-bond acceptors (Lipinski definition) is 2. The summed E-state index contributed by atoms with van der Waals surface area (Å²) in [4.78, 5) is 11.2. The van der Waals surface area contributed by atoms with Crippen LogP contribution >= 0.6 is 0 Å². The van der Waals surface area contributed by atoms with E-state index >= 15 is 0 Å². The van der Waals surface area contributed by atoms with E-state index in [0.717, 1.165) is 19.3 Å². The van der Waals surface area contributed by atoms with Crippen LogP contribution in [0.3, 0.4) is 0 Å². The lowest BCUT2D eigenvalue weighted by Gasteiger charge is -2.29. The molecule has 3 atom stereocenters. The second-order valence-electron chi connectivity index (χ2n) is 5.87. The van der Waals surface area contributed by atoms with Crippen LogP contribution in [-0.4, -0.2) is 23.3 Å². The zero-order chi connectivity index (χ0) is 12.3. The maximum absolute atomic E-state index is 11.2. The summed E-state index contributed by atoms with van der Waals surface area (Å²) < 4.78 is 5.92. The smallest absolute Gasteiger partial charge is 0.309 e. The highest BCUT2D eigenvalue weighted by Crippen LogP contribution is 2.39. The van der Waals surface area contributed by atoms with Crippen molar-refractivity contribution in [1.29, 1.82) is 0 Å². The van der Waals surface area contributed by atoms with Crippen molar-refractivity contribution in [3.05, 3.63) is 0 Å². The number of hydrogen-bond donors (Lipinski definition) is 1. The monoisotopic (exact) mass is 228 g/mol. The minimum absolute atomic E-state index is 0.0932. The molecule has 0 spiro atoms. The van der Waals surface area contributed by atoms with Crippen molar-refractivity contribution >= 4 is 5.97 Å². The van der Waals surface area contributed by atoms with E-state index < -0.39 is 5.97 Å². The molecule has 16 heavy (non-hydrogen) atoms. The Hall–Kier alpha value is -0.570. The lowest BCUT2D eigenvalue weighted by molar-refractivity contribution is -0.146. The molecule has 0 radical (unpaired) electrons. The van der Waals surface area contributed by atoms with E-state index in [1.54, 1.807) is 0 Å². The van der Waals surface area contributed by atoms with Crippen molar-refractivity contribution in [2.75, 3.05) is 0 Å². The number of unbranched alkanes of at least 4 members (excludes halogenated alkanes) is 1. The van der Waals surface area contributed by atoms with Crippen LogP contribution in [0.4, 0.5) is 0 Å².